The number of piperazine rings is 1. The van der Waals surface area contributed by atoms with Crippen molar-refractivity contribution in [2.24, 2.45) is 0 Å². The zero-order valence-electron chi connectivity index (χ0n) is 16.1. The third kappa shape index (κ3) is 4.61. The molecule has 2 saturated heterocycles. The minimum absolute atomic E-state index is 0.0238. The maximum absolute atomic E-state index is 12.8. The lowest BCUT2D eigenvalue weighted by Gasteiger charge is -2.35. The molecule has 1 aromatic carbocycles. The highest BCUT2D eigenvalue weighted by molar-refractivity contribution is 5.93. The number of carbonyl (C=O) groups excluding carboxylic acids is 1. The molecule has 148 valence electrons. The van der Waals surface area contributed by atoms with Crippen molar-refractivity contribution in [2.45, 2.75) is 6.54 Å². The van der Waals surface area contributed by atoms with Gasteiger partial charge in [-0.05, 0) is 29.8 Å². The van der Waals surface area contributed by atoms with Crippen molar-refractivity contribution in [1.29, 1.82) is 0 Å². The van der Waals surface area contributed by atoms with Gasteiger partial charge < -0.3 is 19.9 Å². The maximum atomic E-state index is 12.8. The number of nitrogens with one attached hydrogen (secondary N) is 1. The Kier molecular flexibility index (Phi) is 6.04. The molecule has 0 aliphatic carbocycles. The molecule has 2 aliphatic rings. The van der Waals surface area contributed by atoms with Crippen LogP contribution < -0.4 is 10.2 Å². The number of hydrogen-bond donors (Lipinski definition) is 1. The van der Waals surface area contributed by atoms with Crippen LogP contribution in [0.4, 0.5) is 16.2 Å². The van der Waals surface area contributed by atoms with E-state index in [0.717, 1.165) is 70.4 Å². The molecule has 3 heterocycles. The standard InChI is InChI=1S/C21H27N5O2/c27-21(23-19-3-1-2-4-20(19)25-13-15-28-16-14-25)26-11-9-24(10-12-26)17-18-5-7-22-8-6-18/h1-8H,9-17H2,(H,23,27). The van der Waals surface area contributed by atoms with Crippen molar-refractivity contribution in [3.8, 4) is 0 Å². The second-order valence-corrected chi connectivity index (χ2v) is 7.17. The Labute approximate surface area is 165 Å². The summed E-state index contributed by atoms with van der Waals surface area (Å²) in [6.45, 7) is 7.26. The molecule has 0 bridgehead atoms. The van der Waals surface area contributed by atoms with Gasteiger partial charge in [0.1, 0.15) is 0 Å². The highest BCUT2D eigenvalue weighted by Crippen LogP contribution is 2.26. The highest BCUT2D eigenvalue weighted by atomic mass is 16.5. The molecular weight excluding hydrogens is 354 g/mol. The Morgan fingerprint density at radius 2 is 1.68 bits per heavy atom. The number of amides is 2. The SMILES string of the molecule is O=C(Nc1ccccc1N1CCOCC1)N1CCN(Cc2ccncc2)CC1. The van der Waals surface area contributed by atoms with Crippen LogP contribution in [0.25, 0.3) is 0 Å². The summed E-state index contributed by atoms with van der Waals surface area (Å²) in [5.41, 5.74) is 3.19. The van der Waals surface area contributed by atoms with Gasteiger partial charge in [0.05, 0.1) is 24.6 Å². The van der Waals surface area contributed by atoms with Crippen molar-refractivity contribution < 1.29 is 9.53 Å². The topological polar surface area (TPSA) is 60.9 Å². The summed E-state index contributed by atoms with van der Waals surface area (Å²) in [5.74, 6) is 0. The molecule has 2 aromatic rings. The predicted octanol–water partition coefficient (Wildman–Crippen LogP) is 2.27. The molecule has 0 spiro atoms. The molecule has 2 aliphatic heterocycles. The van der Waals surface area contributed by atoms with E-state index in [4.69, 9.17) is 4.74 Å². The number of anilines is 2. The predicted molar refractivity (Wildman–Crippen MR) is 110 cm³/mol. The second kappa shape index (κ2) is 9.03. The molecule has 7 nitrogen and oxygen atoms in total. The molecule has 0 saturated carbocycles. The number of aromatic nitrogens is 1. The molecular formula is C21H27N5O2. The summed E-state index contributed by atoms with van der Waals surface area (Å²) < 4.78 is 5.44. The summed E-state index contributed by atoms with van der Waals surface area (Å²) in [7, 11) is 0. The number of benzene rings is 1. The van der Waals surface area contributed by atoms with Crippen LogP contribution in [0, 0.1) is 0 Å². The van der Waals surface area contributed by atoms with Crippen LogP contribution in [0.3, 0.4) is 0 Å². The van der Waals surface area contributed by atoms with E-state index in [1.165, 1.54) is 5.56 Å². The summed E-state index contributed by atoms with van der Waals surface area (Å²) in [5, 5.41) is 3.12. The fourth-order valence-electron chi connectivity index (χ4n) is 3.71. The fourth-order valence-corrected chi connectivity index (χ4v) is 3.71. The van der Waals surface area contributed by atoms with Crippen LogP contribution in [-0.2, 0) is 11.3 Å². The molecule has 1 aromatic heterocycles. The quantitative estimate of drug-likeness (QED) is 0.880. The van der Waals surface area contributed by atoms with Crippen LogP contribution in [0.1, 0.15) is 5.56 Å². The number of rotatable bonds is 4. The van der Waals surface area contributed by atoms with Crippen LogP contribution >= 0.6 is 0 Å². The van der Waals surface area contributed by atoms with Gasteiger partial charge in [-0.3, -0.25) is 9.88 Å². The molecule has 4 rings (SSSR count). The average Bonchev–Trinajstić information content (AvgIpc) is 2.76. The van der Waals surface area contributed by atoms with E-state index >= 15 is 0 Å². The second-order valence-electron chi connectivity index (χ2n) is 7.17. The van der Waals surface area contributed by atoms with Gasteiger partial charge in [0, 0.05) is 58.2 Å². The van der Waals surface area contributed by atoms with E-state index in [2.05, 4.69) is 26.2 Å². The largest absolute Gasteiger partial charge is 0.378 e. The number of urea groups is 1. The Hall–Kier alpha value is -2.64. The molecule has 2 fully saturated rings. The minimum atomic E-state index is -0.0238. The van der Waals surface area contributed by atoms with Crippen LogP contribution in [0.2, 0.25) is 0 Å². The number of carbonyl (C=O) groups is 1. The Morgan fingerprint density at radius 3 is 2.43 bits per heavy atom. The van der Waals surface area contributed by atoms with Gasteiger partial charge in [0.15, 0.2) is 0 Å². The van der Waals surface area contributed by atoms with Gasteiger partial charge in [-0.15, -0.1) is 0 Å². The molecule has 2 amide bonds. The van der Waals surface area contributed by atoms with Gasteiger partial charge in [0.25, 0.3) is 0 Å². The number of hydrogen-bond acceptors (Lipinski definition) is 5. The van der Waals surface area contributed by atoms with Crippen molar-refractivity contribution in [2.75, 3.05) is 62.7 Å². The van der Waals surface area contributed by atoms with E-state index in [1.807, 2.05) is 47.6 Å². The highest BCUT2D eigenvalue weighted by Gasteiger charge is 2.22. The van der Waals surface area contributed by atoms with Crippen molar-refractivity contribution in [1.82, 2.24) is 14.8 Å². The van der Waals surface area contributed by atoms with Gasteiger partial charge in [-0.1, -0.05) is 12.1 Å². The zero-order valence-corrected chi connectivity index (χ0v) is 16.1. The Balaban J connectivity index is 1.32. The number of ether oxygens (including phenoxy) is 1. The first kappa shape index (κ1) is 18.7. The molecule has 28 heavy (non-hydrogen) atoms. The molecule has 7 heteroatoms. The lowest BCUT2D eigenvalue weighted by molar-refractivity contribution is 0.123. The summed E-state index contributed by atoms with van der Waals surface area (Å²) in [4.78, 5) is 23.4. The van der Waals surface area contributed by atoms with Gasteiger partial charge in [-0.2, -0.15) is 0 Å². The lowest BCUT2D eigenvalue weighted by atomic mass is 10.2. The van der Waals surface area contributed by atoms with Gasteiger partial charge in [-0.25, -0.2) is 4.79 Å². The minimum Gasteiger partial charge on any atom is -0.378 e. The van der Waals surface area contributed by atoms with Crippen LogP contribution in [0.15, 0.2) is 48.8 Å². The Morgan fingerprint density at radius 1 is 0.964 bits per heavy atom. The molecule has 1 N–H and O–H groups in total. The van der Waals surface area contributed by atoms with E-state index in [9.17, 15) is 4.79 Å². The molecule has 0 unspecified atom stereocenters. The first-order chi connectivity index (χ1) is 13.8. The van der Waals surface area contributed by atoms with E-state index in [0.29, 0.717) is 0 Å². The maximum Gasteiger partial charge on any atom is 0.321 e. The van der Waals surface area contributed by atoms with Crippen molar-refractivity contribution in [3.63, 3.8) is 0 Å². The number of para-hydroxylation sites is 2. The smallest absolute Gasteiger partial charge is 0.321 e. The van der Waals surface area contributed by atoms with Crippen molar-refractivity contribution >= 4 is 17.4 Å². The zero-order chi connectivity index (χ0) is 19.2. The van der Waals surface area contributed by atoms with Crippen molar-refractivity contribution in [3.05, 3.63) is 54.4 Å². The number of pyridine rings is 1. The lowest BCUT2D eigenvalue weighted by Crippen LogP contribution is -2.49. The monoisotopic (exact) mass is 381 g/mol. The first-order valence-corrected chi connectivity index (χ1v) is 9.88. The number of nitrogens with zero attached hydrogens (tertiary/aromatic N) is 4. The van der Waals surface area contributed by atoms with Crippen LogP contribution in [0.5, 0.6) is 0 Å². The summed E-state index contributed by atoms with van der Waals surface area (Å²) in [6.07, 6.45) is 3.65. The third-order valence-electron chi connectivity index (χ3n) is 5.31. The third-order valence-corrected chi connectivity index (χ3v) is 5.31. The fraction of sp³-hybridized carbons (Fsp3) is 0.429. The van der Waals surface area contributed by atoms with Gasteiger partial charge in [0.2, 0.25) is 0 Å². The summed E-state index contributed by atoms with van der Waals surface area (Å²) >= 11 is 0. The van der Waals surface area contributed by atoms with Crippen LogP contribution in [-0.4, -0.2) is 73.3 Å². The van der Waals surface area contributed by atoms with E-state index < -0.39 is 0 Å². The molecule has 0 atom stereocenters. The Bertz CT molecular complexity index is 771. The van der Waals surface area contributed by atoms with E-state index in [1.54, 1.807) is 0 Å². The van der Waals surface area contributed by atoms with E-state index in [-0.39, 0.29) is 6.03 Å². The van der Waals surface area contributed by atoms with Gasteiger partial charge >= 0.3 is 6.03 Å². The first-order valence-electron chi connectivity index (χ1n) is 9.88. The molecule has 0 radical (unpaired) electrons. The summed E-state index contributed by atoms with van der Waals surface area (Å²) in [6, 6.07) is 12.1. The average molecular weight is 381 g/mol. The number of morpholine rings is 1. The normalized spacial score (nSPS) is 18.1.